The molecule has 1 aliphatic heterocycles. The van der Waals surface area contributed by atoms with Crippen LogP contribution in [0.4, 0.5) is 13.2 Å². The molecule has 1 aromatic carbocycles. The van der Waals surface area contributed by atoms with Gasteiger partial charge in [0.05, 0.1) is 0 Å². The van der Waals surface area contributed by atoms with Crippen LogP contribution >= 0.6 is 0 Å². The summed E-state index contributed by atoms with van der Waals surface area (Å²) in [7, 11) is 1.79. The van der Waals surface area contributed by atoms with Gasteiger partial charge in [0.2, 0.25) is 0 Å². The van der Waals surface area contributed by atoms with Crippen LogP contribution in [0.1, 0.15) is 64.5 Å². The molecule has 4 rings (SSSR count). The number of carbonyl (C=O) groups is 1. The molecule has 2 aliphatic carbocycles. The Morgan fingerprint density at radius 1 is 1.23 bits per heavy atom. The molecule has 1 aromatic rings. The van der Waals surface area contributed by atoms with Crippen LogP contribution in [0, 0.1) is 18.3 Å². The molecule has 39 heavy (non-hydrogen) atoms. The smallest absolute Gasteiger partial charge is 0.425 e. The van der Waals surface area contributed by atoms with E-state index in [-0.39, 0.29) is 11.2 Å². The van der Waals surface area contributed by atoms with Crippen molar-refractivity contribution in [2.24, 2.45) is 27.1 Å². The van der Waals surface area contributed by atoms with Crippen molar-refractivity contribution in [3.05, 3.63) is 49.1 Å². The van der Waals surface area contributed by atoms with Gasteiger partial charge in [-0.05, 0) is 51.7 Å². The van der Waals surface area contributed by atoms with E-state index in [1.807, 2.05) is 33.6 Å². The summed E-state index contributed by atoms with van der Waals surface area (Å²) in [5, 5.41) is 0. The lowest BCUT2D eigenvalue weighted by atomic mass is 9.94. The van der Waals surface area contributed by atoms with E-state index in [2.05, 4.69) is 36.6 Å². The highest BCUT2D eigenvalue weighted by atomic mass is 19.4. The highest BCUT2D eigenvalue weighted by Gasteiger charge is 2.72. The van der Waals surface area contributed by atoms with Gasteiger partial charge in [-0.25, -0.2) is 4.99 Å². The van der Waals surface area contributed by atoms with Crippen molar-refractivity contribution in [1.82, 2.24) is 4.90 Å². The van der Waals surface area contributed by atoms with Crippen LogP contribution in [0.25, 0.3) is 5.70 Å². The zero-order chi connectivity index (χ0) is 30.2. The van der Waals surface area contributed by atoms with Crippen LogP contribution in [-0.4, -0.2) is 61.2 Å². The third kappa shape index (κ3) is 7.38. The number of nitrogens with two attached hydrogens (primary N) is 1. The Hall–Kier alpha value is -2.94. The molecule has 3 fully saturated rings. The number of halogens is 3. The van der Waals surface area contributed by atoms with E-state index in [4.69, 9.17) is 20.3 Å². The number of piperidine rings is 1. The Labute approximate surface area is 231 Å². The number of alkyl halides is 3. The molecule has 2 saturated carbocycles. The highest BCUT2D eigenvalue weighted by Crippen LogP contribution is 2.62. The first kappa shape index (κ1) is 34.1. The second-order valence-corrected chi connectivity index (χ2v) is 9.79. The number of nitrogens with zero attached hydrogens (tertiary/aromatic N) is 3. The Bertz CT molecular complexity index is 1050. The van der Waals surface area contributed by atoms with Crippen molar-refractivity contribution in [3.8, 4) is 5.75 Å². The number of aliphatic imine (C=N–C) groups is 2. The van der Waals surface area contributed by atoms with Gasteiger partial charge in [0.25, 0.3) is 0 Å². The second kappa shape index (κ2) is 13.9. The first-order valence-electron chi connectivity index (χ1n) is 13.3. The molecule has 0 spiro atoms. The molecular formula is C30H45F3N4O2. The van der Waals surface area contributed by atoms with Crippen LogP contribution in [-0.2, 0) is 4.79 Å². The fourth-order valence-electron chi connectivity index (χ4n) is 5.04. The van der Waals surface area contributed by atoms with Gasteiger partial charge in [-0.1, -0.05) is 39.0 Å². The number of carbonyl (C=O) groups excluding carboxylic acids is 1. The molecule has 0 amide bonds. The van der Waals surface area contributed by atoms with Gasteiger partial charge in [0, 0.05) is 54.0 Å². The van der Waals surface area contributed by atoms with Crippen LogP contribution in [0.2, 0.25) is 0 Å². The van der Waals surface area contributed by atoms with Crippen LogP contribution in [0.15, 0.2) is 47.9 Å². The summed E-state index contributed by atoms with van der Waals surface area (Å²) in [6.45, 7) is 22.5. The zero-order valence-corrected chi connectivity index (χ0v) is 24.3. The van der Waals surface area contributed by atoms with Gasteiger partial charge in [-0.15, -0.1) is 13.2 Å². The molecule has 3 aliphatic rings. The summed E-state index contributed by atoms with van der Waals surface area (Å²) in [5.74, 6) is 1.53. The van der Waals surface area contributed by atoms with E-state index in [0.29, 0.717) is 30.3 Å². The van der Waals surface area contributed by atoms with E-state index >= 15 is 0 Å². The van der Waals surface area contributed by atoms with E-state index < -0.39 is 17.8 Å². The maximum absolute atomic E-state index is 13.1. The number of hydrogen-bond acceptors (Lipinski definition) is 5. The Morgan fingerprint density at radius 3 is 2.31 bits per heavy atom. The summed E-state index contributed by atoms with van der Waals surface area (Å²) in [4.78, 5) is 19.4. The van der Waals surface area contributed by atoms with Gasteiger partial charge in [-0.3, -0.25) is 4.99 Å². The van der Waals surface area contributed by atoms with E-state index in [1.165, 1.54) is 0 Å². The van der Waals surface area contributed by atoms with Crippen LogP contribution in [0.3, 0.4) is 0 Å². The lowest BCUT2D eigenvalue weighted by Crippen LogP contribution is -2.35. The SMILES string of the molecule is C=C.C=C(c1cc(C)ccc1OC(C)C(F)(F)F)N1CC2(N)CC2(C(CC)=NC(=NC)C2CC2)C1.C=O.CC. The molecule has 0 radical (unpaired) electrons. The van der Waals surface area contributed by atoms with Crippen molar-refractivity contribution in [1.29, 1.82) is 0 Å². The van der Waals surface area contributed by atoms with Gasteiger partial charge in [0.1, 0.15) is 18.4 Å². The maximum atomic E-state index is 13.1. The molecule has 1 heterocycles. The quantitative estimate of drug-likeness (QED) is 0.235. The lowest BCUT2D eigenvalue weighted by Gasteiger charge is -2.28. The number of hydrogen-bond donors (Lipinski definition) is 1. The number of fused-ring (bicyclic) bond motifs is 1. The largest absolute Gasteiger partial charge is 0.481 e. The van der Waals surface area contributed by atoms with Crippen molar-refractivity contribution >= 4 is 24.0 Å². The predicted octanol–water partition coefficient (Wildman–Crippen LogP) is 6.63. The van der Waals surface area contributed by atoms with Gasteiger partial charge < -0.3 is 20.2 Å². The van der Waals surface area contributed by atoms with Gasteiger partial charge >= 0.3 is 6.18 Å². The number of rotatable bonds is 7. The monoisotopic (exact) mass is 550 g/mol. The lowest BCUT2D eigenvalue weighted by molar-refractivity contribution is -0.189. The summed E-state index contributed by atoms with van der Waals surface area (Å²) >= 11 is 0. The molecule has 0 bridgehead atoms. The van der Waals surface area contributed by atoms with Crippen molar-refractivity contribution in [2.75, 3.05) is 20.1 Å². The minimum absolute atomic E-state index is 0.176. The van der Waals surface area contributed by atoms with Crippen LogP contribution < -0.4 is 10.5 Å². The number of ether oxygens (including phenoxy) is 1. The number of likely N-dealkylation sites (tertiary alicyclic amines) is 1. The first-order chi connectivity index (χ1) is 18.4. The standard InChI is InChI=1S/C25H33F3N4O.C2H6.C2H4.CH2O/c1-6-21(31-22(30-5)18-8-9-18)23-12-24(23,29)14-32(13-23)16(3)19-11-15(2)7-10-20(19)33-17(4)25(26,27)28;3*1-2/h7,10-11,17-18H,3,6,8-9,12-14,29H2,1-2,4-5H3;1-2H3;1-2H2;1H2. The summed E-state index contributed by atoms with van der Waals surface area (Å²) in [6.07, 6.45) is -2.48. The van der Waals surface area contributed by atoms with E-state index in [9.17, 15) is 13.2 Å². The first-order valence-corrected chi connectivity index (χ1v) is 13.3. The number of benzene rings is 1. The maximum Gasteiger partial charge on any atom is 0.425 e. The molecule has 0 aromatic heterocycles. The van der Waals surface area contributed by atoms with Crippen molar-refractivity contribution in [3.63, 3.8) is 0 Å². The molecule has 218 valence electrons. The van der Waals surface area contributed by atoms with Crippen molar-refractivity contribution < 1.29 is 22.7 Å². The Morgan fingerprint density at radius 2 is 1.82 bits per heavy atom. The summed E-state index contributed by atoms with van der Waals surface area (Å²) in [6, 6.07) is 5.15. The second-order valence-electron chi connectivity index (χ2n) is 9.79. The molecule has 6 nitrogen and oxygen atoms in total. The average Bonchev–Trinajstić information content (AvgIpc) is 3.84. The highest BCUT2D eigenvalue weighted by molar-refractivity contribution is 6.05. The van der Waals surface area contributed by atoms with Crippen LogP contribution in [0.5, 0.6) is 5.75 Å². The normalized spacial score (nSPS) is 24.5. The fraction of sp³-hybridized carbons (Fsp3) is 0.567. The molecular weight excluding hydrogens is 505 g/mol. The minimum atomic E-state index is -4.45. The van der Waals surface area contributed by atoms with Gasteiger partial charge in [-0.2, -0.15) is 13.2 Å². The fourth-order valence-corrected chi connectivity index (χ4v) is 5.04. The topological polar surface area (TPSA) is 80.3 Å². The van der Waals surface area contributed by atoms with Gasteiger partial charge in [0.15, 0.2) is 6.10 Å². The number of amidine groups is 1. The Kier molecular flexibility index (Phi) is 12.2. The van der Waals surface area contributed by atoms with Crippen molar-refractivity contribution in [2.45, 2.75) is 78.1 Å². The van der Waals surface area contributed by atoms with E-state index in [1.54, 1.807) is 19.2 Å². The molecule has 2 N–H and O–H groups in total. The summed E-state index contributed by atoms with van der Waals surface area (Å²) < 4.78 is 44.7. The average molecular weight is 551 g/mol. The van der Waals surface area contributed by atoms with E-state index in [0.717, 1.165) is 49.7 Å². The molecule has 9 heteroatoms. The third-order valence-electron chi connectivity index (χ3n) is 7.28. The molecule has 1 saturated heterocycles. The minimum Gasteiger partial charge on any atom is -0.481 e. The zero-order valence-electron chi connectivity index (χ0n) is 24.3. The summed E-state index contributed by atoms with van der Waals surface area (Å²) in [5.41, 5.74) is 9.31. The molecule has 3 atom stereocenters. The molecule has 3 unspecified atom stereocenters. The Balaban J connectivity index is 0.00000119. The predicted molar refractivity (Wildman–Crippen MR) is 155 cm³/mol. The number of aryl methyl sites for hydroxylation is 1. The third-order valence-corrected chi connectivity index (χ3v) is 7.28.